The molecule has 0 saturated carbocycles. The lowest BCUT2D eigenvalue weighted by molar-refractivity contribution is -0.139. The summed E-state index contributed by atoms with van der Waals surface area (Å²) in [5.41, 5.74) is 1.95. The van der Waals surface area contributed by atoms with E-state index in [1.54, 1.807) is 7.11 Å². The number of alkyl halides is 1. The number of benzene rings is 1. The molecule has 0 bridgehead atoms. The Balaban J connectivity index is 2.88. The Labute approximate surface area is 97.5 Å². The van der Waals surface area contributed by atoms with Crippen LogP contribution in [0.3, 0.4) is 0 Å². The number of hydrogen-bond acceptors (Lipinski definition) is 3. The lowest BCUT2D eigenvalue weighted by Crippen LogP contribution is -2.04. The van der Waals surface area contributed by atoms with Gasteiger partial charge in [0.1, 0.15) is 5.75 Å². The average molecular weight is 273 g/mol. The molecule has 0 unspecified atom stereocenters. The topological polar surface area (TPSA) is 35.5 Å². The molecule has 0 fully saturated rings. The Morgan fingerprint density at radius 1 is 1.40 bits per heavy atom. The molecular formula is C11H13BrO3. The molecule has 4 heteroatoms. The molecular weight excluding hydrogens is 260 g/mol. The van der Waals surface area contributed by atoms with Crippen molar-refractivity contribution >= 4 is 21.9 Å². The van der Waals surface area contributed by atoms with Crippen molar-refractivity contribution in [2.24, 2.45) is 0 Å². The highest BCUT2D eigenvalue weighted by Gasteiger charge is 2.06. The minimum absolute atomic E-state index is 0.247. The molecule has 0 aromatic heterocycles. The van der Waals surface area contributed by atoms with Gasteiger partial charge in [-0.15, -0.1) is 0 Å². The molecule has 3 nitrogen and oxygen atoms in total. The first kappa shape index (κ1) is 12.0. The lowest BCUT2D eigenvalue weighted by Gasteiger charge is -2.08. The van der Waals surface area contributed by atoms with E-state index in [2.05, 4.69) is 20.7 Å². The van der Waals surface area contributed by atoms with E-state index in [0.29, 0.717) is 0 Å². The van der Waals surface area contributed by atoms with Crippen molar-refractivity contribution in [3.8, 4) is 5.75 Å². The number of methoxy groups -OCH3 is 2. The van der Waals surface area contributed by atoms with Crippen LogP contribution in [0.1, 0.15) is 11.1 Å². The van der Waals surface area contributed by atoms with Gasteiger partial charge in [-0.1, -0.05) is 28.1 Å². The summed E-state index contributed by atoms with van der Waals surface area (Å²) in [5, 5.41) is 0.731. The maximum Gasteiger partial charge on any atom is 0.309 e. The fourth-order valence-corrected chi connectivity index (χ4v) is 1.71. The number of esters is 1. The lowest BCUT2D eigenvalue weighted by atomic mass is 10.1. The van der Waals surface area contributed by atoms with E-state index in [9.17, 15) is 4.79 Å². The summed E-state index contributed by atoms with van der Waals surface area (Å²) in [7, 11) is 3.00. The van der Waals surface area contributed by atoms with Gasteiger partial charge in [0.2, 0.25) is 0 Å². The van der Waals surface area contributed by atoms with E-state index in [1.165, 1.54) is 7.11 Å². The van der Waals surface area contributed by atoms with Gasteiger partial charge in [0, 0.05) is 10.9 Å². The van der Waals surface area contributed by atoms with Crippen LogP contribution in [0, 0.1) is 0 Å². The number of rotatable bonds is 4. The van der Waals surface area contributed by atoms with Crippen molar-refractivity contribution in [2.45, 2.75) is 11.8 Å². The van der Waals surface area contributed by atoms with Crippen LogP contribution in [-0.2, 0) is 21.3 Å². The first-order chi connectivity index (χ1) is 7.21. The van der Waals surface area contributed by atoms with Crippen molar-refractivity contribution in [2.75, 3.05) is 14.2 Å². The monoisotopic (exact) mass is 272 g/mol. The Hall–Kier alpha value is -1.03. The van der Waals surface area contributed by atoms with Crippen LogP contribution < -0.4 is 4.74 Å². The highest BCUT2D eigenvalue weighted by molar-refractivity contribution is 9.08. The molecule has 0 radical (unpaired) electrons. The summed E-state index contributed by atoms with van der Waals surface area (Å²) in [6.45, 7) is 0. The van der Waals surface area contributed by atoms with Crippen molar-refractivity contribution in [3.63, 3.8) is 0 Å². The van der Waals surface area contributed by atoms with Gasteiger partial charge >= 0.3 is 5.97 Å². The van der Waals surface area contributed by atoms with Gasteiger partial charge in [0.15, 0.2) is 0 Å². The summed E-state index contributed by atoms with van der Waals surface area (Å²) in [4.78, 5) is 11.1. The summed E-state index contributed by atoms with van der Waals surface area (Å²) in [6.07, 6.45) is 0.273. The van der Waals surface area contributed by atoms with Crippen LogP contribution in [0.25, 0.3) is 0 Å². The molecule has 0 amide bonds. The van der Waals surface area contributed by atoms with E-state index in [4.69, 9.17) is 4.74 Å². The van der Waals surface area contributed by atoms with Crippen molar-refractivity contribution in [1.29, 1.82) is 0 Å². The smallest absolute Gasteiger partial charge is 0.309 e. The second kappa shape index (κ2) is 5.75. The van der Waals surface area contributed by atoms with Gasteiger partial charge in [-0.3, -0.25) is 4.79 Å². The summed E-state index contributed by atoms with van der Waals surface area (Å²) >= 11 is 3.37. The van der Waals surface area contributed by atoms with E-state index >= 15 is 0 Å². The average Bonchev–Trinajstić information content (AvgIpc) is 2.28. The van der Waals surface area contributed by atoms with Crippen molar-refractivity contribution < 1.29 is 14.3 Å². The normalized spacial score (nSPS) is 9.80. The maximum atomic E-state index is 11.1. The molecule has 0 spiro atoms. The molecule has 82 valence electrons. The molecule has 0 N–H and O–H groups in total. The quantitative estimate of drug-likeness (QED) is 0.623. The molecule has 15 heavy (non-hydrogen) atoms. The molecule has 0 saturated heterocycles. The molecule has 1 aromatic carbocycles. The van der Waals surface area contributed by atoms with Crippen LogP contribution >= 0.6 is 15.9 Å². The van der Waals surface area contributed by atoms with Gasteiger partial charge in [-0.2, -0.15) is 0 Å². The van der Waals surface area contributed by atoms with E-state index in [-0.39, 0.29) is 12.4 Å². The Morgan fingerprint density at radius 2 is 2.13 bits per heavy atom. The van der Waals surface area contributed by atoms with Crippen LogP contribution in [0.4, 0.5) is 0 Å². The molecule has 1 rings (SSSR count). The third-order valence-electron chi connectivity index (χ3n) is 2.07. The molecule has 0 aliphatic carbocycles. The highest BCUT2D eigenvalue weighted by atomic mass is 79.9. The molecule has 0 aliphatic heterocycles. The molecule has 1 aromatic rings. The zero-order valence-corrected chi connectivity index (χ0v) is 10.3. The summed E-state index contributed by atoms with van der Waals surface area (Å²) in [5.74, 6) is 0.539. The van der Waals surface area contributed by atoms with Gasteiger partial charge in [0.05, 0.1) is 20.6 Å². The first-order valence-corrected chi connectivity index (χ1v) is 5.62. The van der Waals surface area contributed by atoms with Gasteiger partial charge in [0.25, 0.3) is 0 Å². The number of halogens is 1. The fraction of sp³-hybridized carbons (Fsp3) is 0.364. The Morgan fingerprint density at radius 3 is 2.67 bits per heavy atom. The minimum Gasteiger partial charge on any atom is -0.496 e. The third-order valence-corrected chi connectivity index (χ3v) is 2.68. The molecule has 0 aliphatic rings. The van der Waals surface area contributed by atoms with Crippen molar-refractivity contribution in [1.82, 2.24) is 0 Å². The molecule has 0 atom stereocenters. The first-order valence-electron chi connectivity index (χ1n) is 4.49. The Bertz CT molecular complexity index is 350. The van der Waals surface area contributed by atoms with Crippen LogP contribution in [-0.4, -0.2) is 20.2 Å². The second-order valence-electron chi connectivity index (χ2n) is 3.03. The summed E-state index contributed by atoms with van der Waals surface area (Å²) < 4.78 is 9.81. The van der Waals surface area contributed by atoms with E-state index < -0.39 is 0 Å². The van der Waals surface area contributed by atoms with E-state index in [1.807, 2.05) is 18.2 Å². The second-order valence-corrected chi connectivity index (χ2v) is 3.59. The number of carbonyl (C=O) groups is 1. The number of ether oxygens (including phenoxy) is 2. The third kappa shape index (κ3) is 3.23. The number of hydrogen-bond donors (Lipinski definition) is 0. The van der Waals surface area contributed by atoms with Gasteiger partial charge < -0.3 is 9.47 Å². The maximum absolute atomic E-state index is 11.1. The number of carbonyl (C=O) groups excluding carboxylic acids is 1. The fourth-order valence-electron chi connectivity index (χ4n) is 1.25. The predicted octanol–water partition coefficient (Wildman–Crippen LogP) is 2.31. The standard InChI is InChI=1S/C11H13BrO3/c1-14-10-5-8(6-11(13)15-2)3-4-9(10)7-12/h3-5H,6-7H2,1-2H3. The van der Waals surface area contributed by atoms with Crippen LogP contribution in [0.15, 0.2) is 18.2 Å². The highest BCUT2D eigenvalue weighted by Crippen LogP contribution is 2.22. The Kier molecular flexibility index (Phi) is 4.62. The zero-order valence-electron chi connectivity index (χ0n) is 8.75. The van der Waals surface area contributed by atoms with E-state index in [0.717, 1.165) is 22.2 Å². The largest absolute Gasteiger partial charge is 0.496 e. The summed E-state index contributed by atoms with van der Waals surface area (Å²) in [6, 6.07) is 5.69. The van der Waals surface area contributed by atoms with Crippen LogP contribution in [0.2, 0.25) is 0 Å². The van der Waals surface area contributed by atoms with Crippen molar-refractivity contribution in [3.05, 3.63) is 29.3 Å². The van der Waals surface area contributed by atoms with Crippen LogP contribution in [0.5, 0.6) is 5.75 Å². The SMILES string of the molecule is COC(=O)Cc1ccc(CBr)c(OC)c1. The zero-order chi connectivity index (χ0) is 11.3. The van der Waals surface area contributed by atoms with Gasteiger partial charge in [-0.25, -0.2) is 0 Å². The predicted molar refractivity (Wildman–Crippen MR) is 61.3 cm³/mol. The minimum atomic E-state index is -0.247. The van der Waals surface area contributed by atoms with Gasteiger partial charge in [-0.05, 0) is 11.6 Å². The molecule has 0 heterocycles.